The Balaban J connectivity index is 0.00000144. The first-order valence-corrected chi connectivity index (χ1v) is 5.78. The van der Waals surface area contributed by atoms with Crippen molar-refractivity contribution in [1.82, 2.24) is 10.2 Å². The van der Waals surface area contributed by atoms with E-state index < -0.39 is 5.60 Å². The first-order valence-electron chi connectivity index (χ1n) is 5.78. The van der Waals surface area contributed by atoms with Crippen molar-refractivity contribution in [2.45, 2.75) is 38.6 Å². The average Bonchev–Trinajstić information content (AvgIpc) is 2.14. The van der Waals surface area contributed by atoms with Gasteiger partial charge in [-0.3, -0.25) is 0 Å². The lowest BCUT2D eigenvalue weighted by atomic mass is 10.1. The van der Waals surface area contributed by atoms with Gasteiger partial charge in [-0.25, -0.2) is 4.79 Å². The summed E-state index contributed by atoms with van der Waals surface area (Å²) in [6, 6.07) is 0. The van der Waals surface area contributed by atoms with Crippen LogP contribution in [-0.2, 0) is 9.47 Å². The van der Waals surface area contributed by atoms with Gasteiger partial charge in [0.05, 0.1) is 25.3 Å². The number of ether oxygens (including phenoxy) is 2. The summed E-state index contributed by atoms with van der Waals surface area (Å²) in [4.78, 5) is 13.6. The van der Waals surface area contributed by atoms with Crippen molar-refractivity contribution >= 4 is 18.5 Å². The second kappa shape index (κ2) is 5.42. The van der Waals surface area contributed by atoms with Gasteiger partial charge < -0.3 is 19.7 Å². The van der Waals surface area contributed by atoms with Crippen molar-refractivity contribution in [3.8, 4) is 0 Å². The van der Waals surface area contributed by atoms with Gasteiger partial charge in [0.25, 0.3) is 0 Å². The molecule has 2 atom stereocenters. The third-order valence-electron chi connectivity index (χ3n) is 2.63. The molecule has 2 aliphatic rings. The topological polar surface area (TPSA) is 50.8 Å². The Morgan fingerprint density at radius 3 is 2.29 bits per heavy atom. The molecule has 1 amide bonds. The molecule has 2 saturated heterocycles. The minimum absolute atomic E-state index is 0. The molecular formula is C11H21ClN2O3. The van der Waals surface area contributed by atoms with E-state index in [0.29, 0.717) is 13.1 Å². The van der Waals surface area contributed by atoms with Crippen LogP contribution >= 0.6 is 12.4 Å². The number of carbonyl (C=O) groups excluding carboxylic acids is 1. The zero-order valence-electron chi connectivity index (χ0n) is 10.6. The Morgan fingerprint density at radius 2 is 1.82 bits per heavy atom. The smallest absolute Gasteiger partial charge is 0.410 e. The van der Waals surface area contributed by atoms with Crippen LogP contribution in [0.2, 0.25) is 0 Å². The molecule has 0 spiro atoms. The third-order valence-corrected chi connectivity index (χ3v) is 2.63. The van der Waals surface area contributed by atoms with Crippen molar-refractivity contribution in [3.63, 3.8) is 0 Å². The lowest BCUT2D eigenvalue weighted by Gasteiger charge is -2.41. The molecule has 100 valence electrons. The minimum Gasteiger partial charge on any atom is -0.444 e. The monoisotopic (exact) mass is 264 g/mol. The average molecular weight is 265 g/mol. The summed E-state index contributed by atoms with van der Waals surface area (Å²) in [7, 11) is 0. The molecule has 0 aromatic carbocycles. The summed E-state index contributed by atoms with van der Waals surface area (Å²) in [6.45, 7) is 8.53. The number of nitrogens with zero attached hydrogens (tertiary/aromatic N) is 1. The van der Waals surface area contributed by atoms with E-state index in [1.165, 1.54) is 0 Å². The van der Waals surface area contributed by atoms with E-state index in [9.17, 15) is 4.79 Å². The quantitative estimate of drug-likeness (QED) is 0.710. The molecule has 1 N–H and O–H groups in total. The van der Waals surface area contributed by atoms with Crippen molar-refractivity contribution < 1.29 is 14.3 Å². The largest absolute Gasteiger partial charge is 0.444 e. The maximum atomic E-state index is 11.9. The molecule has 0 unspecified atom stereocenters. The van der Waals surface area contributed by atoms with Gasteiger partial charge in [0.1, 0.15) is 5.60 Å². The lowest BCUT2D eigenvalue weighted by molar-refractivity contribution is -0.102. The number of hydrogen-bond acceptors (Lipinski definition) is 4. The standard InChI is InChI=1S/C11H20N2O3.ClH/c1-11(2,3)16-10(14)13-6-8-4-12-5-9(7-13)15-8;/h8-9,12H,4-7H2,1-3H3;1H/t8-,9+;. The van der Waals surface area contributed by atoms with Gasteiger partial charge in [-0.05, 0) is 20.8 Å². The molecule has 0 saturated carbocycles. The summed E-state index contributed by atoms with van der Waals surface area (Å²) < 4.78 is 11.1. The number of hydrogen-bond donors (Lipinski definition) is 1. The predicted octanol–water partition coefficient (Wildman–Crippen LogP) is 1.02. The van der Waals surface area contributed by atoms with Crippen LogP contribution in [0.15, 0.2) is 0 Å². The van der Waals surface area contributed by atoms with E-state index in [4.69, 9.17) is 9.47 Å². The maximum absolute atomic E-state index is 11.9. The van der Waals surface area contributed by atoms with Crippen LogP contribution in [0.25, 0.3) is 0 Å². The van der Waals surface area contributed by atoms with Crippen LogP contribution in [0, 0.1) is 0 Å². The minimum atomic E-state index is -0.428. The maximum Gasteiger partial charge on any atom is 0.410 e. The Hall–Kier alpha value is -0.520. The van der Waals surface area contributed by atoms with E-state index in [1.54, 1.807) is 4.90 Å². The van der Waals surface area contributed by atoms with E-state index in [2.05, 4.69) is 5.32 Å². The van der Waals surface area contributed by atoms with Crippen LogP contribution in [-0.4, -0.2) is 55.0 Å². The summed E-state index contributed by atoms with van der Waals surface area (Å²) in [6.07, 6.45) is -0.00673. The molecule has 17 heavy (non-hydrogen) atoms. The predicted molar refractivity (Wildman–Crippen MR) is 66.6 cm³/mol. The molecule has 2 rings (SSSR count). The second-order valence-electron chi connectivity index (χ2n) is 5.42. The van der Waals surface area contributed by atoms with Gasteiger partial charge in [-0.2, -0.15) is 0 Å². The second-order valence-corrected chi connectivity index (χ2v) is 5.42. The molecule has 0 aliphatic carbocycles. The van der Waals surface area contributed by atoms with E-state index >= 15 is 0 Å². The molecule has 2 aliphatic heterocycles. The zero-order chi connectivity index (χ0) is 11.8. The van der Waals surface area contributed by atoms with Gasteiger partial charge in [0.15, 0.2) is 0 Å². The van der Waals surface area contributed by atoms with E-state index in [-0.39, 0.29) is 30.7 Å². The molecular weight excluding hydrogens is 244 g/mol. The van der Waals surface area contributed by atoms with Crippen molar-refractivity contribution in [2.75, 3.05) is 26.2 Å². The Labute approximate surface area is 108 Å². The highest BCUT2D eigenvalue weighted by molar-refractivity contribution is 5.85. The number of carbonyl (C=O) groups is 1. The number of morpholine rings is 2. The van der Waals surface area contributed by atoms with E-state index in [0.717, 1.165) is 13.1 Å². The molecule has 2 heterocycles. The van der Waals surface area contributed by atoms with Crippen molar-refractivity contribution in [3.05, 3.63) is 0 Å². The molecule has 2 fully saturated rings. The summed E-state index contributed by atoms with van der Waals surface area (Å²) in [5.41, 5.74) is -0.428. The van der Waals surface area contributed by atoms with E-state index in [1.807, 2.05) is 20.8 Å². The van der Waals surface area contributed by atoms with Crippen molar-refractivity contribution in [2.24, 2.45) is 0 Å². The first kappa shape index (κ1) is 14.5. The molecule has 0 aromatic rings. The summed E-state index contributed by atoms with van der Waals surface area (Å²) in [5, 5.41) is 3.29. The molecule has 0 aromatic heterocycles. The third kappa shape index (κ3) is 4.01. The Morgan fingerprint density at radius 1 is 1.29 bits per heavy atom. The number of nitrogens with one attached hydrogen (secondary N) is 1. The number of fused-ring (bicyclic) bond motifs is 2. The zero-order valence-corrected chi connectivity index (χ0v) is 11.4. The number of rotatable bonds is 0. The van der Waals surface area contributed by atoms with Crippen LogP contribution in [0.3, 0.4) is 0 Å². The fourth-order valence-corrected chi connectivity index (χ4v) is 2.03. The summed E-state index contributed by atoms with van der Waals surface area (Å²) in [5.74, 6) is 0. The van der Waals surface area contributed by atoms with Gasteiger partial charge >= 0.3 is 6.09 Å². The fraction of sp³-hybridized carbons (Fsp3) is 0.909. The van der Waals surface area contributed by atoms with Crippen molar-refractivity contribution in [1.29, 1.82) is 0 Å². The normalized spacial score (nSPS) is 28.3. The van der Waals surface area contributed by atoms with Gasteiger partial charge in [0, 0.05) is 13.1 Å². The van der Waals surface area contributed by atoms with Crippen LogP contribution in [0.5, 0.6) is 0 Å². The number of amides is 1. The first-order chi connectivity index (χ1) is 7.44. The lowest BCUT2D eigenvalue weighted by Crippen LogP contribution is -2.59. The highest BCUT2D eigenvalue weighted by Gasteiger charge is 2.35. The van der Waals surface area contributed by atoms with Gasteiger partial charge in [-0.1, -0.05) is 0 Å². The molecule has 0 radical (unpaired) electrons. The SMILES string of the molecule is CC(C)(C)OC(=O)N1C[C@H]2CNC[C@@H](C1)O2.Cl. The number of halogens is 1. The fourth-order valence-electron chi connectivity index (χ4n) is 2.03. The van der Waals surface area contributed by atoms with Crippen LogP contribution in [0.1, 0.15) is 20.8 Å². The molecule has 6 heteroatoms. The summed E-state index contributed by atoms with van der Waals surface area (Å²) >= 11 is 0. The highest BCUT2D eigenvalue weighted by atomic mass is 35.5. The van der Waals surface area contributed by atoms with Crippen LogP contribution < -0.4 is 5.32 Å². The Kier molecular flexibility index (Phi) is 4.63. The Bertz CT molecular complexity index is 268. The van der Waals surface area contributed by atoms with Crippen LogP contribution in [0.4, 0.5) is 4.79 Å². The molecule has 2 bridgehead atoms. The molecule has 5 nitrogen and oxygen atoms in total. The van der Waals surface area contributed by atoms with Gasteiger partial charge in [-0.15, -0.1) is 12.4 Å². The van der Waals surface area contributed by atoms with Gasteiger partial charge in [0.2, 0.25) is 0 Å². The highest BCUT2D eigenvalue weighted by Crippen LogP contribution is 2.17.